The zero-order chi connectivity index (χ0) is 18.4. The van der Waals surface area contributed by atoms with Gasteiger partial charge in [-0.15, -0.1) is 0 Å². The molecule has 0 saturated heterocycles. The van der Waals surface area contributed by atoms with E-state index < -0.39 is 5.82 Å². The molecule has 136 valence electrons. The highest BCUT2D eigenvalue weighted by atomic mass is 19.1. The summed E-state index contributed by atoms with van der Waals surface area (Å²) in [5.74, 6) is 1.28. The quantitative estimate of drug-likeness (QED) is 0.607. The molecule has 0 aromatic heterocycles. The molecule has 1 fully saturated rings. The Kier molecular flexibility index (Phi) is 6.28. The SMILES string of the molecule is CCCC1CCC(c2ccc(COc3ccc(C#N)cc3F)cc2)CC1. The Bertz CT molecular complexity index is 755. The van der Waals surface area contributed by atoms with Gasteiger partial charge < -0.3 is 4.74 Å². The van der Waals surface area contributed by atoms with E-state index in [4.69, 9.17) is 10.00 Å². The molecule has 0 unspecified atom stereocenters. The molecule has 1 aliphatic rings. The minimum Gasteiger partial charge on any atom is -0.486 e. The molecule has 0 spiro atoms. The van der Waals surface area contributed by atoms with E-state index in [1.54, 1.807) is 6.07 Å². The molecule has 0 atom stereocenters. The summed E-state index contributed by atoms with van der Waals surface area (Å²) in [5.41, 5.74) is 2.73. The summed E-state index contributed by atoms with van der Waals surface area (Å²) >= 11 is 0. The van der Waals surface area contributed by atoms with Gasteiger partial charge >= 0.3 is 0 Å². The van der Waals surface area contributed by atoms with Crippen LogP contribution < -0.4 is 4.74 Å². The molecule has 26 heavy (non-hydrogen) atoms. The van der Waals surface area contributed by atoms with Gasteiger partial charge in [0.25, 0.3) is 0 Å². The molecular weight excluding hydrogens is 325 g/mol. The fourth-order valence-corrected chi connectivity index (χ4v) is 3.93. The van der Waals surface area contributed by atoms with Crippen molar-refractivity contribution in [2.45, 2.75) is 58.0 Å². The first-order valence-corrected chi connectivity index (χ1v) is 9.61. The Hall–Kier alpha value is -2.34. The van der Waals surface area contributed by atoms with Crippen LogP contribution >= 0.6 is 0 Å². The molecule has 0 radical (unpaired) electrons. The number of rotatable bonds is 6. The van der Waals surface area contributed by atoms with Gasteiger partial charge in [0.1, 0.15) is 6.61 Å². The van der Waals surface area contributed by atoms with Crippen LogP contribution in [0, 0.1) is 23.1 Å². The molecule has 0 aliphatic heterocycles. The molecular formula is C23H26FNO. The Morgan fingerprint density at radius 2 is 1.81 bits per heavy atom. The second-order valence-electron chi connectivity index (χ2n) is 7.29. The van der Waals surface area contributed by atoms with Crippen molar-refractivity contribution in [2.75, 3.05) is 0 Å². The fraction of sp³-hybridized carbons (Fsp3) is 0.435. The van der Waals surface area contributed by atoms with E-state index in [0.29, 0.717) is 18.1 Å². The van der Waals surface area contributed by atoms with Crippen molar-refractivity contribution in [1.29, 1.82) is 5.26 Å². The molecule has 2 aromatic carbocycles. The van der Waals surface area contributed by atoms with Crippen molar-refractivity contribution in [3.63, 3.8) is 0 Å². The van der Waals surface area contributed by atoms with E-state index in [0.717, 1.165) is 11.5 Å². The second-order valence-corrected chi connectivity index (χ2v) is 7.29. The molecule has 0 amide bonds. The van der Waals surface area contributed by atoms with Crippen molar-refractivity contribution >= 4 is 0 Å². The Labute approximate surface area is 155 Å². The van der Waals surface area contributed by atoms with E-state index >= 15 is 0 Å². The summed E-state index contributed by atoms with van der Waals surface area (Å²) in [6, 6.07) is 14.7. The smallest absolute Gasteiger partial charge is 0.166 e. The second kappa shape index (κ2) is 8.85. The van der Waals surface area contributed by atoms with Crippen molar-refractivity contribution < 1.29 is 9.13 Å². The Balaban J connectivity index is 1.54. The number of ether oxygens (including phenoxy) is 1. The molecule has 1 saturated carbocycles. The van der Waals surface area contributed by atoms with E-state index in [2.05, 4.69) is 31.2 Å². The third-order valence-electron chi connectivity index (χ3n) is 5.45. The highest BCUT2D eigenvalue weighted by molar-refractivity contribution is 5.36. The van der Waals surface area contributed by atoms with Gasteiger partial charge in [-0.25, -0.2) is 4.39 Å². The lowest BCUT2D eigenvalue weighted by atomic mass is 9.77. The number of hydrogen-bond donors (Lipinski definition) is 0. The largest absolute Gasteiger partial charge is 0.486 e. The van der Waals surface area contributed by atoms with Gasteiger partial charge in [0.05, 0.1) is 11.6 Å². The Morgan fingerprint density at radius 3 is 2.42 bits per heavy atom. The maximum Gasteiger partial charge on any atom is 0.166 e. The summed E-state index contributed by atoms with van der Waals surface area (Å²) in [4.78, 5) is 0. The summed E-state index contributed by atoms with van der Waals surface area (Å²) in [7, 11) is 0. The van der Waals surface area contributed by atoms with Crippen LogP contribution in [-0.4, -0.2) is 0 Å². The zero-order valence-electron chi connectivity index (χ0n) is 15.4. The topological polar surface area (TPSA) is 33.0 Å². The van der Waals surface area contributed by atoms with E-state index in [-0.39, 0.29) is 5.75 Å². The van der Waals surface area contributed by atoms with Crippen LogP contribution in [0.25, 0.3) is 0 Å². The lowest BCUT2D eigenvalue weighted by molar-refractivity contribution is 0.290. The van der Waals surface area contributed by atoms with E-state index in [1.807, 2.05) is 6.07 Å². The average Bonchev–Trinajstić information content (AvgIpc) is 2.68. The molecule has 0 bridgehead atoms. The molecule has 1 aliphatic carbocycles. The number of halogens is 1. The monoisotopic (exact) mass is 351 g/mol. The first-order chi connectivity index (χ1) is 12.7. The van der Waals surface area contributed by atoms with Gasteiger partial charge in [-0.1, -0.05) is 44.0 Å². The minimum atomic E-state index is -0.496. The van der Waals surface area contributed by atoms with Gasteiger partial charge in [-0.2, -0.15) is 5.26 Å². The summed E-state index contributed by atoms with van der Waals surface area (Å²) < 4.78 is 19.4. The van der Waals surface area contributed by atoms with Crippen LogP contribution in [0.4, 0.5) is 4.39 Å². The van der Waals surface area contributed by atoms with Gasteiger partial charge in [0.2, 0.25) is 0 Å². The van der Waals surface area contributed by atoms with Crippen LogP contribution in [0.15, 0.2) is 42.5 Å². The van der Waals surface area contributed by atoms with Crippen LogP contribution in [0.2, 0.25) is 0 Å². The third kappa shape index (κ3) is 4.64. The number of nitrogens with zero attached hydrogens (tertiary/aromatic N) is 1. The van der Waals surface area contributed by atoms with Gasteiger partial charge in [-0.05, 0) is 66.8 Å². The van der Waals surface area contributed by atoms with Crippen LogP contribution in [0.3, 0.4) is 0 Å². The average molecular weight is 351 g/mol. The first kappa shape index (κ1) is 18.5. The highest BCUT2D eigenvalue weighted by Crippen LogP contribution is 2.37. The zero-order valence-corrected chi connectivity index (χ0v) is 15.4. The van der Waals surface area contributed by atoms with Gasteiger partial charge in [0, 0.05) is 0 Å². The molecule has 0 heterocycles. The first-order valence-electron chi connectivity index (χ1n) is 9.61. The third-order valence-corrected chi connectivity index (χ3v) is 5.45. The summed E-state index contributed by atoms with van der Waals surface area (Å²) in [5, 5.41) is 8.78. The predicted molar refractivity (Wildman–Crippen MR) is 101 cm³/mol. The van der Waals surface area contributed by atoms with Crippen molar-refractivity contribution in [3.05, 3.63) is 65.0 Å². The molecule has 2 nitrogen and oxygen atoms in total. The lowest BCUT2D eigenvalue weighted by Crippen LogP contribution is -2.13. The maximum atomic E-state index is 13.9. The van der Waals surface area contributed by atoms with Gasteiger partial charge in [0.15, 0.2) is 11.6 Å². The standard InChI is InChI=1S/C23H26FNO/c1-2-3-17-4-9-20(10-5-17)21-11-6-18(7-12-21)16-26-23-13-8-19(15-25)14-22(23)24/h6-8,11-14,17,20H,2-5,9-10,16H2,1H3. The van der Waals surface area contributed by atoms with Crippen LogP contribution in [-0.2, 0) is 6.61 Å². The van der Waals surface area contributed by atoms with E-state index in [1.165, 1.54) is 56.2 Å². The van der Waals surface area contributed by atoms with Gasteiger partial charge in [-0.3, -0.25) is 0 Å². The minimum absolute atomic E-state index is 0.183. The maximum absolute atomic E-state index is 13.9. The fourth-order valence-electron chi connectivity index (χ4n) is 3.93. The van der Waals surface area contributed by atoms with Crippen LogP contribution in [0.1, 0.15) is 68.1 Å². The van der Waals surface area contributed by atoms with Crippen molar-refractivity contribution in [1.82, 2.24) is 0 Å². The normalized spacial score (nSPS) is 19.7. The molecule has 2 aromatic rings. The number of nitriles is 1. The number of benzene rings is 2. The van der Waals surface area contributed by atoms with Crippen molar-refractivity contribution in [3.8, 4) is 11.8 Å². The number of hydrogen-bond acceptors (Lipinski definition) is 2. The highest BCUT2D eigenvalue weighted by Gasteiger charge is 2.21. The summed E-state index contributed by atoms with van der Waals surface area (Å²) in [6.07, 6.45) is 7.94. The molecule has 3 rings (SSSR count). The van der Waals surface area contributed by atoms with E-state index in [9.17, 15) is 4.39 Å². The Morgan fingerprint density at radius 1 is 1.08 bits per heavy atom. The summed E-state index contributed by atoms with van der Waals surface area (Å²) in [6.45, 7) is 2.60. The van der Waals surface area contributed by atoms with Crippen molar-refractivity contribution in [2.24, 2.45) is 5.92 Å². The lowest BCUT2D eigenvalue weighted by Gasteiger charge is -2.28. The molecule has 3 heteroatoms. The molecule has 0 N–H and O–H groups in total. The predicted octanol–water partition coefficient (Wildman–Crippen LogP) is 6.35. The van der Waals surface area contributed by atoms with Crippen LogP contribution in [0.5, 0.6) is 5.75 Å².